The lowest BCUT2D eigenvalue weighted by Crippen LogP contribution is -2.22. The van der Waals surface area contributed by atoms with Crippen molar-refractivity contribution in [3.05, 3.63) is 0 Å². The maximum Gasteiger partial charge on any atom is 0.334 e. The Kier molecular flexibility index (Phi) is 5.72. The quantitative estimate of drug-likeness (QED) is 0.422. The van der Waals surface area contributed by atoms with Crippen LogP contribution in [0.25, 0.3) is 0 Å². The Morgan fingerprint density at radius 1 is 1.50 bits per heavy atom. The predicted molar refractivity (Wildman–Crippen MR) is 56.0 cm³/mol. The third kappa shape index (κ3) is 4.45. The Labute approximate surface area is 89.4 Å². The molecule has 0 amide bonds. The molecule has 0 fully saturated rings. The monoisotopic (exact) mass is 242 g/mol. The molecule has 0 bridgehead atoms. The summed E-state index contributed by atoms with van der Waals surface area (Å²) in [6.45, 7) is 6.67. The van der Waals surface area contributed by atoms with Crippen molar-refractivity contribution >= 4 is 24.9 Å². The number of hydrogen-bond donors (Lipinski definition) is 0. The number of alkyl halides is 1. The van der Waals surface area contributed by atoms with Crippen molar-refractivity contribution in [2.24, 2.45) is 0 Å². The van der Waals surface area contributed by atoms with Gasteiger partial charge in [0.1, 0.15) is 0 Å². The first-order chi connectivity index (χ1) is 6.31. The first-order valence-electron chi connectivity index (χ1n) is 4.37. The smallest absolute Gasteiger partial charge is 0.334 e. The molecule has 6 heteroatoms. The van der Waals surface area contributed by atoms with E-state index in [2.05, 4.69) is 0 Å². The van der Waals surface area contributed by atoms with Gasteiger partial charge in [-0.15, -0.1) is 0 Å². The summed E-state index contributed by atoms with van der Waals surface area (Å²) in [5.41, 5.74) is 0. The third-order valence-electron chi connectivity index (χ3n) is 1.34. The molecule has 0 saturated carbocycles. The molecule has 0 aromatic rings. The average molecular weight is 243 g/mol. The number of carbonyl (C=O) groups excluding carboxylic acids is 1. The fraction of sp³-hybridized carbons (Fsp3) is 0.875. The molecule has 0 saturated heterocycles. The van der Waals surface area contributed by atoms with Crippen molar-refractivity contribution in [3.63, 3.8) is 0 Å². The largest absolute Gasteiger partial charge is 0.461 e. The third-order valence-corrected chi connectivity index (χ3v) is 4.39. The van der Waals surface area contributed by atoms with Gasteiger partial charge in [-0.3, -0.25) is 4.57 Å². The first kappa shape index (κ1) is 13.9. The van der Waals surface area contributed by atoms with Crippen LogP contribution >= 0.6 is 19.0 Å². The van der Waals surface area contributed by atoms with Crippen molar-refractivity contribution in [2.75, 3.05) is 13.3 Å². The second-order valence-corrected chi connectivity index (χ2v) is 6.48. The lowest BCUT2D eigenvalue weighted by Gasteiger charge is -2.18. The molecule has 0 aromatic heterocycles. The zero-order valence-corrected chi connectivity index (χ0v) is 10.5. The molecule has 0 rings (SSSR count). The van der Waals surface area contributed by atoms with E-state index >= 15 is 0 Å². The highest BCUT2D eigenvalue weighted by Crippen LogP contribution is 2.50. The predicted octanol–water partition coefficient (Wildman–Crippen LogP) is 2.45. The van der Waals surface area contributed by atoms with Gasteiger partial charge in [0.25, 0.3) is 0 Å². The number of halogens is 1. The second kappa shape index (κ2) is 5.74. The summed E-state index contributed by atoms with van der Waals surface area (Å²) in [7, 11) is -3.11. The Morgan fingerprint density at radius 2 is 2.00 bits per heavy atom. The van der Waals surface area contributed by atoms with Crippen molar-refractivity contribution in [3.8, 4) is 0 Å². The molecule has 14 heavy (non-hydrogen) atoms. The van der Waals surface area contributed by atoms with Gasteiger partial charge in [-0.2, -0.15) is 0 Å². The van der Waals surface area contributed by atoms with Gasteiger partial charge in [0.2, 0.25) is 12.5 Å². The fourth-order valence-corrected chi connectivity index (χ4v) is 2.11. The van der Waals surface area contributed by atoms with E-state index in [0.717, 1.165) is 0 Å². The average Bonchev–Trinajstić information content (AvgIpc) is 2.01. The van der Waals surface area contributed by atoms with Crippen LogP contribution in [-0.2, 0) is 18.6 Å². The minimum absolute atomic E-state index is 0.256. The van der Waals surface area contributed by atoms with Crippen LogP contribution in [0.1, 0.15) is 20.8 Å². The summed E-state index contributed by atoms with van der Waals surface area (Å²) in [6.07, 6.45) is -0.273. The number of carbonyl (C=O) groups is 1. The van der Waals surface area contributed by atoms with Gasteiger partial charge in [-0.05, 0) is 20.8 Å². The Balaban J connectivity index is 4.37. The Hall–Kier alpha value is -0.0500. The molecule has 2 atom stereocenters. The maximum atomic E-state index is 11.7. The molecule has 2 unspecified atom stereocenters. The highest BCUT2D eigenvalue weighted by molar-refractivity contribution is 7.61. The van der Waals surface area contributed by atoms with Gasteiger partial charge in [0.15, 0.2) is 0 Å². The molecule has 0 aliphatic carbocycles. The molecular weight excluding hydrogens is 227 g/mol. The van der Waals surface area contributed by atoms with E-state index in [-0.39, 0.29) is 12.7 Å². The summed E-state index contributed by atoms with van der Waals surface area (Å²) in [4.78, 5) is 11.3. The van der Waals surface area contributed by atoms with E-state index in [1.54, 1.807) is 20.8 Å². The fourth-order valence-electron chi connectivity index (χ4n) is 0.802. The minimum atomic E-state index is -3.11. The van der Waals surface area contributed by atoms with Crippen LogP contribution in [0.5, 0.6) is 0 Å². The standard InChI is InChI=1S/C8H16ClO4P/c1-5-12-14(4,11)7(9)8(10)13-6(2)3/h6-7H,5H2,1-4H3. The molecule has 0 aliphatic heterocycles. The van der Waals surface area contributed by atoms with Crippen LogP contribution in [-0.4, -0.2) is 30.5 Å². The van der Waals surface area contributed by atoms with E-state index in [1.807, 2.05) is 0 Å². The van der Waals surface area contributed by atoms with Gasteiger partial charge < -0.3 is 9.26 Å². The lowest BCUT2D eigenvalue weighted by molar-refractivity contribution is -0.145. The SMILES string of the molecule is CCOP(C)(=O)C(Cl)C(=O)OC(C)C. The number of rotatable bonds is 5. The normalized spacial score (nSPS) is 17.6. The first-order valence-corrected chi connectivity index (χ1v) is 6.95. The topological polar surface area (TPSA) is 52.6 Å². The number of ether oxygens (including phenoxy) is 1. The van der Waals surface area contributed by atoms with E-state index in [4.69, 9.17) is 20.9 Å². The Morgan fingerprint density at radius 3 is 2.36 bits per heavy atom. The van der Waals surface area contributed by atoms with Crippen LogP contribution < -0.4 is 0 Å². The van der Waals surface area contributed by atoms with E-state index < -0.39 is 18.5 Å². The van der Waals surface area contributed by atoms with Crippen LogP contribution in [0.4, 0.5) is 0 Å². The molecule has 0 radical (unpaired) electrons. The zero-order valence-electron chi connectivity index (χ0n) is 8.82. The molecular formula is C8H16ClO4P. The summed E-state index contributed by atoms with van der Waals surface area (Å²) < 4.78 is 21.4. The minimum Gasteiger partial charge on any atom is -0.461 e. The molecule has 84 valence electrons. The van der Waals surface area contributed by atoms with E-state index in [9.17, 15) is 9.36 Å². The van der Waals surface area contributed by atoms with Crippen molar-refractivity contribution in [1.82, 2.24) is 0 Å². The van der Waals surface area contributed by atoms with Gasteiger partial charge in [-0.1, -0.05) is 11.6 Å². The van der Waals surface area contributed by atoms with Crippen LogP contribution in [0.15, 0.2) is 0 Å². The van der Waals surface area contributed by atoms with Crippen LogP contribution in [0.3, 0.4) is 0 Å². The number of hydrogen-bond acceptors (Lipinski definition) is 4. The molecule has 0 aliphatic rings. The van der Waals surface area contributed by atoms with E-state index in [0.29, 0.717) is 0 Å². The van der Waals surface area contributed by atoms with Crippen molar-refractivity contribution < 1.29 is 18.6 Å². The Bertz CT molecular complexity index is 241. The summed E-state index contributed by atoms with van der Waals surface area (Å²) >= 11 is 5.68. The second-order valence-electron chi connectivity index (χ2n) is 3.15. The van der Waals surface area contributed by atoms with Crippen molar-refractivity contribution in [2.45, 2.75) is 32.0 Å². The van der Waals surface area contributed by atoms with Gasteiger partial charge in [0.05, 0.1) is 12.7 Å². The molecule has 0 spiro atoms. The maximum absolute atomic E-state index is 11.7. The van der Waals surface area contributed by atoms with Crippen LogP contribution in [0.2, 0.25) is 0 Å². The zero-order chi connectivity index (χ0) is 11.4. The highest BCUT2D eigenvalue weighted by atomic mass is 35.5. The molecule has 0 N–H and O–H groups in total. The van der Waals surface area contributed by atoms with Gasteiger partial charge in [0, 0.05) is 6.66 Å². The van der Waals surface area contributed by atoms with Crippen molar-refractivity contribution in [1.29, 1.82) is 0 Å². The summed E-state index contributed by atoms with van der Waals surface area (Å²) in [5, 5.41) is -1.22. The highest BCUT2D eigenvalue weighted by Gasteiger charge is 2.35. The van der Waals surface area contributed by atoms with Gasteiger partial charge in [-0.25, -0.2) is 4.79 Å². The van der Waals surface area contributed by atoms with E-state index in [1.165, 1.54) is 6.66 Å². The molecule has 4 nitrogen and oxygen atoms in total. The van der Waals surface area contributed by atoms with Crippen LogP contribution in [0, 0.1) is 0 Å². The lowest BCUT2D eigenvalue weighted by atomic mass is 10.5. The molecule has 0 heterocycles. The summed E-state index contributed by atoms with van der Waals surface area (Å²) in [5.74, 6) is -0.694. The number of esters is 1. The molecule has 0 aromatic carbocycles. The summed E-state index contributed by atoms with van der Waals surface area (Å²) in [6, 6.07) is 0. The van der Waals surface area contributed by atoms with Gasteiger partial charge >= 0.3 is 5.97 Å².